The van der Waals surface area contributed by atoms with Crippen molar-refractivity contribution in [2.75, 3.05) is 0 Å². The summed E-state index contributed by atoms with van der Waals surface area (Å²) in [6.45, 7) is 1.83. The third-order valence-corrected chi connectivity index (χ3v) is 2.51. The largest absolute Gasteiger partial charge is 0.508 e. The molecule has 0 heterocycles. The molecule has 2 aromatic carbocycles. The summed E-state index contributed by atoms with van der Waals surface area (Å²) in [6.07, 6.45) is 0. The molecular weight excluding hydrogens is 204 g/mol. The second-order valence-corrected chi connectivity index (χ2v) is 3.67. The van der Waals surface area contributed by atoms with Crippen molar-refractivity contribution in [1.29, 1.82) is 0 Å². The second-order valence-electron chi connectivity index (χ2n) is 3.67. The molecule has 82 valence electrons. The van der Waals surface area contributed by atoms with E-state index in [1.54, 1.807) is 30.3 Å². The molecule has 0 radical (unpaired) electrons. The van der Waals surface area contributed by atoms with Crippen LogP contribution >= 0.6 is 0 Å². The summed E-state index contributed by atoms with van der Waals surface area (Å²) in [5.41, 5.74) is 2.17. The molecule has 0 saturated heterocycles. The number of aromatic hydroxyl groups is 3. The highest BCUT2D eigenvalue weighted by Gasteiger charge is 2.10. The molecule has 3 heteroatoms. The Morgan fingerprint density at radius 1 is 0.875 bits per heavy atom. The van der Waals surface area contributed by atoms with Crippen molar-refractivity contribution in [3.63, 3.8) is 0 Å². The van der Waals surface area contributed by atoms with Gasteiger partial charge in [-0.2, -0.15) is 0 Å². The first kappa shape index (κ1) is 10.4. The topological polar surface area (TPSA) is 60.7 Å². The summed E-state index contributed by atoms with van der Waals surface area (Å²) < 4.78 is 0. The Kier molecular flexibility index (Phi) is 2.44. The molecule has 16 heavy (non-hydrogen) atoms. The van der Waals surface area contributed by atoms with Gasteiger partial charge in [0, 0.05) is 5.56 Å². The minimum Gasteiger partial charge on any atom is -0.508 e. The Morgan fingerprint density at radius 3 is 2.31 bits per heavy atom. The van der Waals surface area contributed by atoms with Crippen LogP contribution < -0.4 is 0 Å². The molecular formula is C13H12O3. The van der Waals surface area contributed by atoms with Crippen LogP contribution in [0.4, 0.5) is 0 Å². The van der Waals surface area contributed by atoms with E-state index in [9.17, 15) is 15.3 Å². The average molecular weight is 216 g/mol. The summed E-state index contributed by atoms with van der Waals surface area (Å²) in [7, 11) is 0. The zero-order valence-corrected chi connectivity index (χ0v) is 8.81. The summed E-state index contributed by atoms with van der Waals surface area (Å²) in [5, 5.41) is 28.4. The van der Waals surface area contributed by atoms with Gasteiger partial charge in [0.15, 0.2) is 11.5 Å². The molecule has 0 saturated carbocycles. The Hall–Kier alpha value is -2.16. The molecule has 0 atom stereocenters. The molecule has 0 fully saturated rings. The third kappa shape index (κ3) is 1.67. The van der Waals surface area contributed by atoms with E-state index in [2.05, 4.69) is 0 Å². The fourth-order valence-electron chi connectivity index (χ4n) is 1.70. The van der Waals surface area contributed by atoms with E-state index < -0.39 is 0 Å². The highest BCUT2D eigenvalue weighted by atomic mass is 16.3. The highest BCUT2D eigenvalue weighted by molar-refractivity contribution is 5.75. The Bertz CT molecular complexity index is 533. The molecule has 2 aromatic rings. The first-order valence-corrected chi connectivity index (χ1v) is 4.90. The van der Waals surface area contributed by atoms with Crippen LogP contribution in [-0.2, 0) is 0 Å². The van der Waals surface area contributed by atoms with Gasteiger partial charge < -0.3 is 15.3 Å². The number of benzene rings is 2. The van der Waals surface area contributed by atoms with Crippen LogP contribution in [0, 0.1) is 6.92 Å². The van der Waals surface area contributed by atoms with Crippen LogP contribution in [0.25, 0.3) is 11.1 Å². The number of rotatable bonds is 1. The molecule has 0 spiro atoms. The van der Waals surface area contributed by atoms with Crippen LogP contribution in [-0.4, -0.2) is 15.3 Å². The molecule has 0 amide bonds. The van der Waals surface area contributed by atoms with Crippen molar-refractivity contribution in [3.05, 3.63) is 42.0 Å². The van der Waals surface area contributed by atoms with Crippen LogP contribution in [0.15, 0.2) is 36.4 Å². The van der Waals surface area contributed by atoms with Gasteiger partial charge in [-0.15, -0.1) is 0 Å². The third-order valence-electron chi connectivity index (χ3n) is 2.51. The van der Waals surface area contributed by atoms with Crippen molar-refractivity contribution >= 4 is 0 Å². The quantitative estimate of drug-likeness (QED) is 0.642. The van der Waals surface area contributed by atoms with Crippen LogP contribution in [0.3, 0.4) is 0 Å². The lowest BCUT2D eigenvalue weighted by Crippen LogP contribution is -1.84. The zero-order valence-electron chi connectivity index (χ0n) is 8.81. The van der Waals surface area contributed by atoms with Gasteiger partial charge >= 0.3 is 0 Å². The van der Waals surface area contributed by atoms with Gasteiger partial charge in [0.2, 0.25) is 0 Å². The van der Waals surface area contributed by atoms with E-state index in [-0.39, 0.29) is 17.2 Å². The maximum absolute atomic E-state index is 9.73. The molecule has 0 aliphatic heterocycles. The van der Waals surface area contributed by atoms with Gasteiger partial charge in [-0.1, -0.05) is 18.2 Å². The molecule has 0 aliphatic carbocycles. The fourth-order valence-corrected chi connectivity index (χ4v) is 1.70. The van der Waals surface area contributed by atoms with E-state index >= 15 is 0 Å². The lowest BCUT2D eigenvalue weighted by atomic mass is 9.99. The second kappa shape index (κ2) is 3.77. The number of aryl methyl sites for hydroxylation is 1. The maximum atomic E-state index is 9.73. The maximum Gasteiger partial charge on any atom is 0.165 e. The fraction of sp³-hybridized carbons (Fsp3) is 0.0769. The Labute approximate surface area is 93.2 Å². The van der Waals surface area contributed by atoms with E-state index in [1.807, 2.05) is 6.92 Å². The van der Waals surface area contributed by atoms with Crippen molar-refractivity contribution < 1.29 is 15.3 Å². The summed E-state index contributed by atoms with van der Waals surface area (Å²) in [4.78, 5) is 0. The number of phenols is 3. The number of phenolic OH excluding ortho intramolecular Hbond substituents is 3. The summed E-state index contributed by atoms with van der Waals surface area (Å²) in [6, 6.07) is 9.67. The van der Waals surface area contributed by atoms with Gasteiger partial charge in [-0.05, 0) is 36.2 Å². The molecule has 0 unspecified atom stereocenters. The summed E-state index contributed by atoms with van der Waals surface area (Å²) >= 11 is 0. The van der Waals surface area contributed by atoms with Gasteiger partial charge in [0.05, 0.1) is 0 Å². The molecule has 0 bridgehead atoms. The average Bonchev–Trinajstić information content (AvgIpc) is 2.23. The van der Waals surface area contributed by atoms with Crippen LogP contribution in [0.2, 0.25) is 0 Å². The molecule has 3 nitrogen and oxygen atoms in total. The standard InChI is InChI=1S/C13H12O3/c1-8-7-9(14)5-6-10(8)11-3-2-4-12(15)13(11)16/h2-7,14-16H,1H3. The number of hydrogen-bond acceptors (Lipinski definition) is 3. The van der Waals surface area contributed by atoms with Gasteiger partial charge in [-0.25, -0.2) is 0 Å². The zero-order chi connectivity index (χ0) is 11.7. The first-order valence-electron chi connectivity index (χ1n) is 4.90. The van der Waals surface area contributed by atoms with Crippen LogP contribution in [0.5, 0.6) is 17.2 Å². The van der Waals surface area contributed by atoms with E-state index in [0.717, 1.165) is 11.1 Å². The molecule has 0 aromatic heterocycles. The highest BCUT2D eigenvalue weighted by Crippen LogP contribution is 2.38. The summed E-state index contributed by atoms with van der Waals surface area (Å²) in [5.74, 6) is -0.109. The lowest BCUT2D eigenvalue weighted by molar-refractivity contribution is 0.405. The number of hydrogen-bond donors (Lipinski definition) is 3. The van der Waals surface area contributed by atoms with E-state index in [1.165, 1.54) is 6.07 Å². The molecule has 2 rings (SSSR count). The first-order chi connectivity index (χ1) is 7.59. The monoisotopic (exact) mass is 216 g/mol. The van der Waals surface area contributed by atoms with Crippen molar-refractivity contribution in [2.45, 2.75) is 6.92 Å². The van der Waals surface area contributed by atoms with Crippen molar-refractivity contribution in [2.24, 2.45) is 0 Å². The Balaban J connectivity index is 2.63. The van der Waals surface area contributed by atoms with E-state index in [0.29, 0.717) is 5.56 Å². The van der Waals surface area contributed by atoms with Crippen molar-refractivity contribution in [3.8, 4) is 28.4 Å². The minimum absolute atomic E-state index is 0.142. The lowest BCUT2D eigenvalue weighted by Gasteiger charge is -2.09. The SMILES string of the molecule is Cc1cc(O)ccc1-c1cccc(O)c1O. The predicted octanol–water partition coefficient (Wildman–Crippen LogP) is 2.78. The number of para-hydroxylation sites is 1. The molecule has 0 aliphatic rings. The van der Waals surface area contributed by atoms with E-state index in [4.69, 9.17) is 0 Å². The molecule has 3 N–H and O–H groups in total. The van der Waals surface area contributed by atoms with Gasteiger partial charge in [0.25, 0.3) is 0 Å². The van der Waals surface area contributed by atoms with Gasteiger partial charge in [-0.3, -0.25) is 0 Å². The minimum atomic E-state index is -0.148. The normalized spacial score (nSPS) is 10.3. The van der Waals surface area contributed by atoms with Gasteiger partial charge in [0.1, 0.15) is 5.75 Å². The Morgan fingerprint density at radius 2 is 1.62 bits per heavy atom. The van der Waals surface area contributed by atoms with Crippen molar-refractivity contribution in [1.82, 2.24) is 0 Å². The van der Waals surface area contributed by atoms with Crippen LogP contribution in [0.1, 0.15) is 5.56 Å². The smallest absolute Gasteiger partial charge is 0.165 e. The predicted molar refractivity (Wildman–Crippen MR) is 61.6 cm³/mol.